The highest BCUT2D eigenvalue weighted by Crippen LogP contribution is 2.38. The van der Waals surface area contributed by atoms with Crippen LogP contribution < -0.4 is 11.3 Å². The van der Waals surface area contributed by atoms with Gasteiger partial charge in [-0.15, -0.1) is 11.3 Å². The van der Waals surface area contributed by atoms with Crippen LogP contribution in [0.1, 0.15) is 36.5 Å². The largest absolute Gasteiger partial charge is 0.465 e. The Labute approximate surface area is 225 Å². The third-order valence-electron chi connectivity index (χ3n) is 5.64. The van der Waals surface area contributed by atoms with E-state index in [-0.39, 0.29) is 70.6 Å². The van der Waals surface area contributed by atoms with Crippen LogP contribution >= 0.6 is 22.9 Å². The number of rotatable bonds is 8. The average Bonchev–Trinajstić information content (AvgIpc) is 3.33. The van der Waals surface area contributed by atoms with E-state index < -0.39 is 11.1 Å². The molecule has 0 saturated carbocycles. The molecular formula is C26H24ClF3N4O3S. The van der Waals surface area contributed by atoms with Crippen molar-refractivity contribution >= 4 is 45.5 Å². The molecule has 38 heavy (non-hydrogen) atoms. The lowest BCUT2D eigenvalue weighted by atomic mass is 10.1. The van der Waals surface area contributed by atoms with Gasteiger partial charge in [-0.05, 0) is 35.7 Å². The number of carbonyl (C=O) groups excluding carboxylic acids is 1. The summed E-state index contributed by atoms with van der Waals surface area (Å²) in [6, 6.07) is 9.84. The molecule has 2 aromatic carbocycles. The molecule has 12 heteroatoms. The predicted molar refractivity (Wildman–Crippen MR) is 141 cm³/mol. The number of benzene rings is 2. The molecule has 0 fully saturated rings. The Kier molecular flexibility index (Phi) is 8.08. The van der Waals surface area contributed by atoms with Crippen LogP contribution in [0, 0.1) is 5.92 Å². The number of halogens is 4. The summed E-state index contributed by atoms with van der Waals surface area (Å²) in [5.41, 5.74) is 7.16. The molecule has 0 saturated heterocycles. The highest BCUT2D eigenvalue weighted by molar-refractivity contribution is 7.15. The zero-order chi connectivity index (χ0) is 27.6. The Morgan fingerprint density at radius 2 is 1.92 bits per heavy atom. The van der Waals surface area contributed by atoms with E-state index in [9.17, 15) is 22.8 Å². The number of hydrogen-bond acceptors (Lipinski definition) is 7. The Bertz CT molecular complexity index is 1530. The Hall–Kier alpha value is -3.44. The molecule has 0 atom stereocenters. The molecule has 0 radical (unpaired) electrons. The molecule has 2 N–H and O–H groups in total. The normalized spacial score (nSPS) is 11.9. The van der Waals surface area contributed by atoms with Crippen molar-refractivity contribution in [2.75, 3.05) is 12.3 Å². The number of hydrogen-bond donors (Lipinski definition) is 1. The van der Waals surface area contributed by atoms with Gasteiger partial charge >= 0.3 is 12.1 Å². The van der Waals surface area contributed by atoms with Crippen LogP contribution in [0.4, 0.5) is 18.9 Å². The maximum Gasteiger partial charge on any atom is 0.427 e. The molecule has 0 aliphatic carbocycles. The third kappa shape index (κ3) is 6.33. The lowest BCUT2D eigenvalue weighted by Crippen LogP contribution is -2.27. The minimum Gasteiger partial charge on any atom is -0.465 e. The van der Waals surface area contributed by atoms with Gasteiger partial charge in [-0.25, -0.2) is 9.97 Å². The highest BCUT2D eigenvalue weighted by Gasteiger charge is 2.33. The van der Waals surface area contributed by atoms with Gasteiger partial charge in [0, 0.05) is 29.1 Å². The Morgan fingerprint density at radius 1 is 1.21 bits per heavy atom. The van der Waals surface area contributed by atoms with Crippen LogP contribution in [0.5, 0.6) is 0 Å². The SMILES string of the molecule is CC(C)CC(=O)OCCc1nc2cc(-c3ncc(C(F)(F)F)s3)c(N)cc2c(=O)n1Cc1ccc(Cl)cc1. The predicted octanol–water partition coefficient (Wildman–Crippen LogP) is 5.95. The molecule has 0 spiro atoms. The van der Waals surface area contributed by atoms with E-state index >= 15 is 0 Å². The number of nitrogens with zero attached hydrogens (tertiary/aromatic N) is 3. The number of anilines is 1. The zero-order valence-corrected chi connectivity index (χ0v) is 22.1. The second kappa shape index (κ2) is 11.1. The summed E-state index contributed by atoms with van der Waals surface area (Å²) in [5, 5.41) is 0.813. The summed E-state index contributed by atoms with van der Waals surface area (Å²) in [5.74, 6) is 0.129. The van der Waals surface area contributed by atoms with Crippen LogP contribution in [-0.4, -0.2) is 27.1 Å². The Morgan fingerprint density at radius 3 is 2.55 bits per heavy atom. The summed E-state index contributed by atoms with van der Waals surface area (Å²) < 4.78 is 46.1. The fraction of sp³-hybridized carbons (Fsp3) is 0.308. The number of esters is 1. The molecule has 0 bridgehead atoms. The minimum atomic E-state index is -4.53. The number of nitrogens with two attached hydrogens (primary N) is 1. The minimum absolute atomic E-state index is 0.00731. The van der Waals surface area contributed by atoms with Crippen molar-refractivity contribution in [3.05, 3.63) is 74.2 Å². The number of fused-ring (bicyclic) bond motifs is 1. The van der Waals surface area contributed by atoms with E-state index in [2.05, 4.69) is 9.97 Å². The van der Waals surface area contributed by atoms with Gasteiger partial charge in [0.2, 0.25) is 0 Å². The maximum atomic E-state index is 13.6. The van der Waals surface area contributed by atoms with E-state index in [4.69, 9.17) is 22.1 Å². The second-order valence-corrected chi connectivity index (χ2v) is 10.6. The molecule has 2 aromatic heterocycles. The summed E-state index contributed by atoms with van der Waals surface area (Å²) >= 11 is 6.45. The van der Waals surface area contributed by atoms with Gasteiger partial charge in [0.05, 0.1) is 30.3 Å². The lowest BCUT2D eigenvalue weighted by molar-refractivity contribution is -0.144. The van der Waals surface area contributed by atoms with E-state index in [1.165, 1.54) is 16.7 Å². The van der Waals surface area contributed by atoms with Crippen LogP contribution in [0.15, 0.2) is 47.4 Å². The maximum absolute atomic E-state index is 13.6. The van der Waals surface area contributed by atoms with Gasteiger partial charge in [-0.2, -0.15) is 13.2 Å². The van der Waals surface area contributed by atoms with Crippen LogP contribution in [0.25, 0.3) is 21.5 Å². The number of thiazole rings is 1. The first-order valence-electron chi connectivity index (χ1n) is 11.7. The van der Waals surface area contributed by atoms with Crippen LogP contribution in [0.3, 0.4) is 0 Å². The molecule has 200 valence electrons. The van der Waals surface area contributed by atoms with Gasteiger partial charge in [0.15, 0.2) is 0 Å². The molecule has 7 nitrogen and oxygen atoms in total. The van der Waals surface area contributed by atoms with Crippen molar-refractivity contribution in [3.8, 4) is 10.6 Å². The van der Waals surface area contributed by atoms with Gasteiger partial charge in [0.1, 0.15) is 15.7 Å². The van der Waals surface area contributed by atoms with Gasteiger partial charge in [-0.3, -0.25) is 14.2 Å². The fourth-order valence-corrected chi connectivity index (χ4v) is 4.77. The van der Waals surface area contributed by atoms with Crippen molar-refractivity contribution in [1.82, 2.24) is 14.5 Å². The number of carbonyl (C=O) groups is 1. The summed E-state index contributed by atoms with van der Waals surface area (Å²) in [6.07, 6.45) is -3.37. The zero-order valence-electron chi connectivity index (χ0n) is 20.5. The van der Waals surface area contributed by atoms with Crippen LogP contribution in [0.2, 0.25) is 5.02 Å². The lowest BCUT2D eigenvalue weighted by Gasteiger charge is -2.15. The molecule has 4 rings (SSSR count). The third-order valence-corrected chi connectivity index (χ3v) is 6.96. The molecule has 0 unspecified atom stereocenters. The van der Waals surface area contributed by atoms with Crippen molar-refractivity contribution in [1.29, 1.82) is 0 Å². The van der Waals surface area contributed by atoms with Gasteiger partial charge in [0.25, 0.3) is 5.56 Å². The van der Waals surface area contributed by atoms with Crippen molar-refractivity contribution in [2.24, 2.45) is 5.92 Å². The average molecular weight is 565 g/mol. The Balaban J connectivity index is 1.76. The number of ether oxygens (including phenoxy) is 1. The molecule has 0 aliphatic heterocycles. The first-order valence-corrected chi connectivity index (χ1v) is 12.9. The molecule has 0 amide bonds. The fourth-order valence-electron chi connectivity index (χ4n) is 3.82. The first kappa shape index (κ1) is 27.6. The van der Waals surface area contributed by atoms with Crippen LogP contribution in [-0.2, 0) is 28.7 Å². The van der Waals surface area contributed by atoms with E-state index in [0.717, 1.165) is 11.8 Å². The van der Waals surface area contributed by atoms with Crippen molar-refractivity contribution in [3.63, 3.8) is 0 Å². The topological polar surface area (TPSA) is 100 Å². The van der Waals surface area contributed by atoms with Gasteiger partial charge < -0.3 is 10.5 Å². The summed E-state index contributed by atoms with van der Waals surface area (Å²) in [6.45, 7) is 3.99. The molecule has 0 aliphatic rings. The van der Waals surface area contributed by atoms with E-state index in [0.29, 0.717) is 22.2 Å². The molecule has 2 heterocycles. The number of aromatic nitrogens is 3. The standard InChI is InChI=1S/C26H24ClF3N4O3S/c1-14(2)9-23(35)37-8-7-22-33-20-11-17(24-32-12-21(38-24)26(28,29)30)19(31)10-18(20)25(36)34(22)13-15-3-5-16(27)6-4-15/h3-6,10-12,14H,7-9,13,31H2,1-2H3. The first-order chi connectivity index (χ1) is 17.9. The van der Waals surface area contributed by atoms with E-state index in [1.54, 1.807) is 24.3 Å². The monoisotopic (exact) mass is 564 g/mol. The molecule has 4 aromatic rings. The van der Waals surface area contributed by atoms with Crippen molar-refractivity contribution in [2.45, 2.75) is 39.4 Å². The van der Waals surface area contributed by atoms with Gasteiger partial charge in [-0.1, -0.05) is 37.6 Å². The number of alkyl halides is 3. The van der Waals surface area contributed by atoms with Crippen molar-refractivity contribution < 1.29 is 22.7 Å². The summed E-state index contributed by atoms with van der Waals surface area (Å²) in [7, 11) is 0. The molecular weight excluding hydrogens is 541 g/mol. The highest BCUT2D eigenvalue weighted by atomic mass is 35.5. The summed E-state index contributed by atoms with van der Waals surface area (Å²) in [4.78, 5) is 33.2. The smallest absolute Gasteiger partial charge is 0.427 e. The quantitative estimate of drug-likeness (QED) is 0.209. The van der Waals surface area contributed by atoms with E-state index in [1.807, 2.05) is 13.8 Å². The second-order valence-electron chi connectivity index (χ2n) is 9.10. The number of nitrogen functional groups attached to an aromatic ring is 1.